The molecule has 4 heteroatoms. The van der Waals surface area contributed by atoms with Crippen LogP contribution in [0.25, 0.3) is 0 Å². The van der Waals surface area contributed by atoms with Gasteiger partial charge in [-0.15, -0.1) is 0 Å². The monoisotopic (exact) mass is 280 g/mol. The molecule has 2 N–H and O–H groups in total. The summed E-state index contributed by atoms with van der Waals surface area (Å²) in [5.41, 5.74) is 7.66. The average Bonchev–Trinajstić information content (AvgIpc) is 2.88. The first-order chi connectivity index (χ1) is 7.60. The molecule has 1 amide bonds. The molecule has 1 aliphatic carbocycles. The van der Waals surface area contributed by atoms with E-state index < -0.39 is 5.54 Å². The molecule has 1 aromatic rings. The number of benzene rings is 1. The Morgan fingerprint density at radius 3 is 2.88 bits per heavy atom. The summed E-state index contributed by atoms with van der Waals surface area (Å²) >= 11 is 3.45. The first-order valence-electron chi connectivity index (χ1n) is 5.49. The lowest BCUT2D eigenvalue weighted by molar-refractivity contribution is -0.120. The molecule has 16 heavy (non-hydrogen) atoms. The Morgan fingerprint density at radius 2 is 2.19 bits per heavy atom. The Balaban J connectivity index is 1.94. The van der Waals surface area contributed by atoms with Crippen LogP contribution >= 0.6 is 15.9 Å². The van der Waals surface area contributed by atoms with Gasteiger partial charge in [-0.05, 0) is 43.0 Å². The van der Waals surface area contributed by atoms with E-state index in [-0.39, 0.29) is 5.91 Å². The smallest absolute Gasteiger partial charge is 0.247 e. The van der Waals surface area contributed by atoms with E-state index in [1.807, 2.05) is 17.0 Å². The summed E-state index contributed by atoms with van der Waals surface area (Å²) in [6.07, 6.45) is 2.58. The molecular formula is C12H13BrN2O. The molecule has 1 aromatic carbocycles. The van der Waals surface area contributed by atoms with Crippen LogP contribution in [0.4, 0.5) is 5.69 Å². The highest BCUT2D eigenvalue weighted by Crippen LogP contribution is 2.38. The minimum atomic E-state index is -0.561. The van der Waals surface area contributed by atoms with Gasteiger partial charge in [0, 0.05) is 16.7 Å². The lowest BCUT2D eigenvalue weighted by atomic mass is 10.2. The standard InChI is InChI=1S/C12H13BrN2O/c13-9-1-2-10-8(7-9)3-6-15(10)11(16)12(14)4-5-12/h1-2,7H,3-6,14H2. The van der Waals surface area contributed by atoms with Crippen molar-refractivity contribution in [3.8, 4) is 0 Å². The van der Waals surface area contributed by atoms with Crippen LogP contribution < -0.4 is 10.6 Å². The number of amides is 1. The van der Waals surface area contributed by atoms with E-state index in [0.717, 1.165) is 36.0 Å². The molecule has 0 atom stereocenters. The molecule has 1 saturated carbocycles. The summed E-state index contributed by atoms with van der Waals surface area (Å²) in [6.45, 7) is 0.767. The van der Waals surface area contributed by atoms with E-state index in [2.05, 4.69) is 22.0 Å². The van der Waals surface area contributed by atoms with Gasteiger partial charge in [-0.1, -0.05) is 15.9 Å². The third-order valence-corrected chi connectivity index (χ3v) is 3.89. The second-order valence-corrected chi connectivity index (χ2v) is 5.55. The molecule has 0 unspecified atom stereocenters. The fourth-order valence-corrected chi connectivity index (χ4v) is 2.61. The van der Waals surface area contributed by atoms with Crippen molar-refractivity contribution >= 4 is 27.5 Å². The molecular weight excluding hydrogens is 268 g/mol. The number of hydrogen-bond acceptors (Lipinski definition) is 2. The largest absolute Gasteiger partial charge is 0.317 e. The normalized spacial score (nSPS) is 20.8. The van der Waals surface area contributed by atoms with Crippen molar-refractivity contribution in [2.24, 2.45) is 5.73 Å². The molecule has 1 aliphatic heterocycles. The molecule has 0 saturated heterocycles. The maximum atomic E-state index is 12.2. The highest BCUT2D eigenvalue weighted by atomic mass is 79.9. The van der Waals surface area contributed by atoms with E-state index in [0.29, 0.717) is 0 Å². The number of fused-ring (bicyclic) bond motifs is 1. The Bertz CT molecular complexity index is 468. The highest BCUT2D eigenvalue weighted by Gasteiger charge is 2.49. The molecule has 3 rings (SSSR count). The zero-order valence-corrected chi connectivity index (χ0v) is 10.5. The summed E-state index contributed by atoms with van der Waals surface area (Å²) in [5, 5.41) is 0. The molecule has 1 heterocycles. The van der Waals surface area contributed by atoms with Crippen LogP contribution in [0.15, 0.2) is 22.7 Å². The molecule has 0 spiro atoms. The summed E-state index contributed by atoms with van der Waals surface area (Å²) in [4.78, 5) is 14.0. The molecule has 1 fully saturated rings. The predicted octanol–water partition coefficient (Wildman–Crippen LogP) is 1.83. The molecule has 0 radical (unpaired) electrons. The van der Waals surface area contributed by atoms with E-state index in [1.165, 1.54) is 5.56 Å². The number of rotatable bonds is 1. The van der Waals surface area contributed by atoms with E-state index in [9.17, 15) is 4.79 Å². The highest BCUT2D eigenvalue weighted by molar-refractivity contribution is 9.10. The van der Waals surface area contributed by atoms with Crippen molar-refractivity contribution in [2.75, 3.05) is 11.4 Å². The Morgan fingerprint density at radius 1 is 1.44 bits per heavy atom. The van der Waals surface area contributed by atoms with Crippen LogP contribution in [0, 0.1) is 0 Å². The number of anilines is 1. The van der Waals surface area contributed by atoms with Crippen molar-refractivity contribution in [3.63, 3.8) is 0 Å². The van der Waals surface area contributed by atoms with Gasteiger partial charge in [0.2, 0.25) is 5.91 Å². The maximum absolute atomic E-state index is 12.2. The van der Waals surface area contributed by atoms with Gasteiger partial charge in [0.05, 0.1) is 5.54 Å². The lowest BCUT2D eigenvalue weighted by Crippen LogP contribution is -2.45. The quantitative estimate of drug-likeness (QED) is 0.853. The topological polar surface area (TPSA) is 46.3 Å². The number of nitrogens with zero attached hydrogens (tertiary/aromatic N) is 1. The SMILES string of the molecule is NC1(C(=O)N2CCc3cc(Br)ccc32)CC1. The number of carbonyl (C=O) groups excluding carboxylic acids is 1. The fourth-order valence-electron chi connectivity index (χ4n) is 2.20. The van der Waals surface area contributed by atoms with Gasteiger partial charge in [-0.25, -0.2) is 0 Å². The zero-order chi connectivity index (χ0) is 11.3. The number of carbonyl (C=O) groups is 1. The van der Waals surface area contributed by atoms with Crippen LogP contribution in [-0.4, -0.2) is 18.0 Å². The van der Waals surface area contributed by atoms with Gasteiger partial charge >= 0.3 is 0 Å². The molecule has 3 nitrogen and oxygen atoms in total. The van der Waals surface area contributed by atoms with E-state index in [1.54, 1.807) is 0 Å². The maximum Gasteiger partial charge on any atom is 0.247 e. The van der Waals surface area contributed by atoms with Crippen molar-refractivity contribution in [3.05, 3.63) is 28.2 Å². The van der Waals surface area contributed by atoms with Crippen LogP contribution in [0.5, 0.6) is 0 Å². The van der Waals surface area contributed by atoms with Gasteiger partial charge in [0.15, 0.2) is 0 Å². The molecule has 0 bridgehead atoms. The number of hydrogen-bond donors (Lipinski definition) is 1. The number of nitrogens with two attached hydrogens (primary N) is 1. The number of halogens is 1. The average molecular weight is 281 g/mol. The molecule has 84 valence electrons. The van der Waals surface area contributed by atoms with Crippen LogP contribution in [0.1, 0.15) is 18.4 Å². The third kappa shape index (κ3) is 1.48. The van der Waals surface area contributed by atoms with Gasteiger partial charge in [-0.3, -0.25) is 4.79 Å². The van der Waals surface area contributed by atoms with Crippen molar-refractivity contribution in [2.45, 2.75) is 24.8 Å². The first-order valence-corrected chi connectivity index (χ1v) is 6.29. The van der Waals surface area contributed by atoms with Gasteiger partial charge in [0.25, 0.3) is 0 Å². The minimum Gasteiger partial charge on any atom is -0.317 e. The zero-order valence-electron chi connectivity index (χ0n) is 8.87. The van der Waals surface area contributed by atoms with E-state index >= 15 is 0 Å². The second-order valence-electron chi connectivity index (χ2n) is 4.64. The van der Waals surface area contributed by atoms with Crippen molar-refractivity contribution in [1.82, 2.24) is 0 Å². The molecule has 0 aromatic heterocycles. The third-order valence-electron chi connectivity index (χ3n) is 3.40. The van der Waals surface area contributed by atoms with E-state index in [4.69, 9.17) is 5.73 Å². The summed E-state index contributed by atoms with van der Waals surface area (Å²) in [7, 11) is 0. The Labute approximate surface area is 103 Å². The van der Waals surface area contributed by atoms with Gasteiger partial charge in [-0.2, -0.15) is 0 Å². The Hall–Kier alpha value is -0.870. The summed E-state index contributed by atoms with van der Waals surface area (Å²) < 4.78 is 1.06. The fraction of sp³-hybridized carbons (Fsp3) is 0.417. The van der Waals surface area contributed by atoms with Crippen LogP contribution in [0.2, 0.25) is 0 Å². The van der Waals surface area contributed by atoms with Crippen LogP contribution in [0.3, 0.4) is 0 Å². The Kier molecular flexibility index (Phi) is 2.13. The second kappa shape index (κ2) is 3.31. The summed E-state index contributed by atoms with van der Waals surface area (Å²) in [6, 6.07) is 6.05. The van der Waals surface area contributed by atoms with Crippen molar-refractivity contribution < 1.29 is 4.79 Å². The lowest BCUT2D eigenvalue weighted by Gasteiger charge is -2.21. The van der Waals surface area contributed by atoms with Crippen molar-refractivity contribution in [1.29, 1.82) is 0 Å². The van der Waals surface area contributed by atoms with Gasteiger partial charge < -0.3 is 10.6 Å². The van der Waals surface area contributed by atoms with Crippen LogP contribution in [-0.2, 0) is 11.2 Å². The molecule has 2 aliphatic rings. The van der Waals surface area contributed by atoms with Gasteiger partial charge in [0.1, 0.15) is 0 Å². The minimum absolute atomic E-state index is 0.0913. The first kappa shape index (κ1) is 10.3. The predicted molar refractivity (Wildman–Crippen MR) is 66.4 cm³/mol. The summed E-state index contributed by atoms with van der Waals surface area (Å²) in [5.74, 6) is 0.0913.